The number of carbonyl (C=O) groups is 1. The number of nitrogens with one attached hydrogen (secondary N) is 1. The van der Waals surface area contributed by atoms with Gasteiger partial charge in [0.2, 0.25) is 0 Å². The fourth-order valence-corrected chi connectivity index (χ4v) is 4.73. The third kappa shape index (κ3) is 4.46. The second-order valence-corrected chi connectivity index (χ2v) is 9.85. The van der Waals surface area contributed by atoms with E-state index in [1.165, 1.54) is 19.9 Å². The second kappa shape index (κ2) is 9.12. The zero-order valence-electron chi connectivity index (χ0n) is 19.4. The van der Waals surface area contributed by atoms with Gasteiger partial charge in [-0.2, -0.15) is 0 Å². The molecule has 0 atom stereocenters. The van der Waals surface area contributed by atoms with E-state index >= 15 is 4.39 Å². The van der Waals surface area contributed by atoms with Crippen LogP contribution in [0.2, 0.25) is 0 Å². The number of benzene rings is 2. The summed E-state index contributed by atoms with van der Waals surface area (Å²) in [5.41, 5.74) is 1.89. The number of allylic oxidation sites excluding steroid dienone is 1. The zero-order chi connectivity index (χ0) is 23.8. The molecule has 2 aliphatic rings. The minimum Gasteiger partial charge on any atom is -0.490 e. The molecule has 5 heteroatoms. The van der Waals surface area contributed by atoms with Crippen molar-refractivity contribution in [1.29, 1.82) is 5.41 Å². The largest absolute Gasteiger partial charge is 0.490 e. The van der Waals surface area contributed by atoms with Crippen LogP contribution in [0, 0.1) is 16.6 Å². The molecule has 0 heterocycles. The molecule has 0 amide bonds. The number of aliphatic carboxylic acids is 1. The molecule has 0 aromatic heterocycles. The lowest BCUT2D eigenvalue weighted by Gasteiger charge is -2.29. The van der Waals surface area contributed by atoms with Crippen molar-refractivity contribution in [3.8, 4) is 16.9 Å². The third-order valence-corrected chi connectivity index (χ3v) is 7.24. The normalized spacial score (nSPS) is 16.9. The first-order chi connectivity index (χ1) is 15.7. The first kappa shape index (κ1) is 23.2. The first-order valence-electron chi connectivity index (χ1n) is 11.8. The number of hydrogen-bond acceptors (Lipinski definition) is 3. The van der Waals surface area contributed by atoms with Crippen LogP contribution in [0.3, 0.4) is 0 Å². The van der Waals surface area contributed by atoms with E-state index < -0.39 is 11.4 Å². The van der Waals surface area contributed by atoms with E-state index in [4.69, 9.17) is 10.1 Å². The van der Waals surface area contributed by atoms with Gasteiger partial charge in [0.1, 0.15) is 17.0 Å². The molecule has 2 saturated carbocycles. The Hall–Kier alpha value is -2.95. The number of carboxylic acids is 1. The van der Waals surface area contributed by atoms with Crippen molar-refractivity contribution in [2.45, 2.75) is 70.8 Å². The molecule has 2 fully saturated rings. The molecule has 2 aromatic rings. The highest BCUT2D eigenvalue weighted by molar-refractivity contribution is 6.29. The van der Waals surface area contributed by atoms with Gasteiger partial charge in [-0.05, 0) is 98.8 Å². The smallest absolute Gasteiger partial charge is 0.315 e. The maximum absolute atomic E-state index is 15.0. The van der Waals surface area contributed by atoms with Crippen molar-refractivity contribution < 1.29 is 19.0 Å². The Kier molecular flexibility index (Phi) is 6.42. The molecule has 0 unspecified atom stereocenters. The van der Waals surface area contributed by atoms with Crippen LogP contribution in [0.5, 0.6) is 5.75 Å². The highest BCUT2D eigenvalue weighted by atomic mass is 19.1. The van der Waals surface area contributed by atoms with Crippen molar-refractivity contribution in [1.82, 2.24) is 0 Å². The molecule has 4 nitrogen and oxygen atoms in total. The van der Waals surface area contributed by atoms with Crippen LogP contribution in [-0.4, -0.2) is 22.9 Å². The quantitative estimate of drug-likeness (QED) is 0.418. The van der Waals surface area contributed by atoms with Crippen LogP contribution in [0.4, 0.5) is 4.39 Å². The van der Waals surface area contributed by atoms with Crippen molar-refractivity contribution in [3.63, 3.8) is 0 Å². The van der Waals surface area contributed by atoms with Crippen LogP contribution >= 0.6 is 0 Å². The third-order valence-electron chi connectivity index (χ3n) is 7.24. The van der Waals surface area contributed by atoms with Crippen LogP contribution < -0.4 is 4.74 Å². The molecule has 2 aromatic carbocycles. The van der Waals surface area contributed by atoms with Crippen molar-refractivity contribution in [2.24, 2.45) is 5.41 Å². The van der Waals surface area contributed by atoms with Crippen molar-refractivity contribution in [3.05, 3.63) is 59.9 Å². The van der Waals surface area contributed by atoms with Crippen LogP contribution in [0.15, 0.2) is 43.0 Å². The average Bonchev–Trinajstić information content (AvgIpc) is 3.26. The summed E-state index contributed by atoms with van der Waals surface area (Å²) in [6, 6.07) is 10.8. The lowest BCUT2D eigenvalue weighted by atomic mass is 9.76. The summed E-state index contributed by atoms with van der Waals surface area (Å²) in [6.07, 6.45) is 7.47. The van der Waals surface area contributed by atoms with E-state index in [1.807, 2.05) is 24.3 Å². The summed E-state index contributed by atoms with van der Waals surface area (Å²) in [7, 11) is 0. The summed E-state index contributed by atoms with van der Waals surface area (Å²) >= 11 is 0. The summed E-state index contributed by atoms with van der Waals surface area (Å²) in [6.45, 7) is 7.05. The second-order valence-electron chi connectivity index (χ2n) is 9.85. The van der Waals surface area contributed by atoms with Gasteiger partial charge in [-0.1, -0.05) is 31.2 Å². The topological polar surface area (TPSA) is 70.4 Å². The van der Waals surface area contributed by atoms with E-state index in [2.05, 4.69) is 6.58 Å². The SMILES string of the molecule is C=C(C(=N)C(C)(C)C(=O)O)c1ccc(OC2CCCC2)c(-c2cccc(F)c2C2CCC2)c1. The van der Waals surface area contributed by atoms with Crippen LogP contribution in [0.25, 0.3) is 16.7 Å². The lowest BCUT2D eigenvalue weighted by Crippen LogP contribution is -2.33. The fraction of sp³-hybridized carbons (Fsp3) is 0.429. The van der Waals surface area contributed by atoms with Gasteiger partial charge >= 0.3 is 5.97 Å². The van der Waals surface area contributed by atoms with E-state index in [0.717, 1.165) is 61.6 Å². The van der Waals surface area contributed by atoms with Crippen LogP contribution in [-0.2, 0) is 4.79 Å². The predicted octanol–water partition coefficient (Wildman–Crippen LogP) is 7.23. The molecular weight excluding hydrogens is 417 g/mol. The van der Waals surface area contributed by atoms with Gasteiger partial charge in [0.25, 0.3) is 0 Å². The summed E-state index contributed by atoms with van der Waals surface area (Å²) in [5, 5.41) is 18.0. The van der Waals surface area contributed by atoms with E-state index in [0.29, 0.717) is 16.9 Å². The molecule has 0 radical (unpaired) electrons. The standard InChI is InChI=1S/C28H32FNO3/c1-17(26(30)28(2,3)27(31)32)19-14-15-24(33-20-10-4-5-11-20)22(16-19)21-12-7-13-23(29)25(21)18-8-6-9-18/h7,12-16,18,20,30H,1,4-6,8-11H2,2-3H3,(H,31,32). The van der Waals surface area contributed by atoms with Crippen molar-refractivity contribution >= 4 is 17.3 Å². The number of hydrogen-bond donors (Lipinski definition) is 2. The Bertz CT molecular complexity index is 1090. The number of rotatable bonds is 8. The maximum atomic E-state index is 15.0. The molecule has 0 spiro atoms. The van der Waals surface area contributed by atoms with Gasteiger partial charge < -0.3 is 15.3 Å². The maximum Gasteiger partial charge on any atom is 0.315 e. The molecule has 0 aliphatic heterocycles. The summed E-state index contributed by atoms with van der Waals surface area (Å²) < 4.78 is 21.4. The highest BCUT2D eigenvalue weighted by Crippen LogP contribution is 2.45. The number of carboxylic acid groups (broad SMARTS) is 1. The van der Waals surface area contributed by atoms with E-state index in [-0.39, 0.29) is 23.6 Å². The number of halogens is 1. The Morgan fingerprint density at radius 3 is 2.39 bits per heavy atom. The molecule has 0 bridgehead atoms. The van der Waals surface area contributed by atoms with Crippen LogP contribution in [0.1, 0.15) is 75.8 Å². The molecule has 2 aliphatic carbocycles. The molecule has 2 N–H and O–H groups in total. The minimum absolute atomic E-state index is 0.0520. The van der Waals surface area contributed by atoms with Crippen molar-refractivity contribution in [2.75, 3.05) is 0 Å². The predicted molar refractivity (Wildman–Crippen MR) is 129 cm³/mol. The monoisotopic (exact) mass is 449 g/mol. The zero-order valence-corrected chi connectivity index (χ0v) is 19.4. The van der Waals surface area contributed by atoms with Gasteiger partial charge in [0.15, 0.2) is 0 Å². The average molecular weight is 450 g/mol. The number of ether oxygens (including phenoxy) is 1. The lowest BCUT2D eigenvalue weighted by molar-refractivity contribution is -0.143. The summed E-state index contributed by atoms with van der Waals surface area (Å²) in [5.74, 6) is -0.384. The van der Waals surface area contributed by atoms with Gasteiger partial charge in [-0.3, -0.25) is 4.79 Å². The summed E-state index contributed by atoms with van der Waals surface area (Å²) in [4.78, 5) is 11.7. The van der Waals surface area contributed by atoms with Gasteiger partial charge in [-0.15, -0.1) is 0 Å². The molecular formula is C28H32FNO3. The molecule has 4 rings (SSSR count). The van der Waals surface area contributed by atoms with E-state index in [9.17, 15) is 9.90 Å². The van der Waals surface area contributed by atoms with E-state index in [1.54, 1.807) is 6.07 Å². The Morgan fingerprint density at radius 1 is 1.09 bits per heavy atom. The Morgan fingerprint density at radius 2 is 1.79 bits per heavy atom. The minimum atomic E-state index is -1.37. The highest BCUT2D eigenvalue weighted by Gasteiger charge is 2.34. The Labute approximate surface area is 195 Å². The molecule has 174 valence electrons. The molecule has 0 saturated heterocycles. The first-order valence-corrected chi connectivity index (χ1v) is 11.8. The fourth-order valence-electron chi connectivity index (χ4n) is 4.73. The van der Waals surface area contributed by atoms with Gasteiger partial charge in [-0.25, -0.2) is 4.39 Å². The molecule has 33 heavy (non-hydrogen) atoms. The van der Waals surface area contributed by atoms with Gasteiger partial charge in [0.05, 0.1) is 11.8 Å². The van der Waals surface area contributed by atoms with Gasteiger partial charge in [0, 0.05) is 5.56 Å². The Balaban J connectivity index is 1.80.